The summed E-state index contributed by atoms with van der Waals surface area (Å²) in [5, 5.41) is 1.21. The summed E-state index contributed by atoms with van der Waals surface area (Å²) in [6.07, 6.45) is 1.63. The lowest BCUT2D eigenvalue weighted by atomic mass is 10.0. The van der Waals surface area contributed by atoms with Gasteiger partial charge in [-0.2, -0.15) is 0 Å². The smallest absolute Gasteiger partial charge is 0.159 e. The minimum absolute atomic E-state index is 0.251. The average molecular weight is 430 g/mol. The Balaban J connectivity index is 1.51. The first-order valence-corrected chi connectivity index (χ1v) is 10.3. The molecule has 4 aromatic rings. The van der Waals surface area contributed by atoms with E-state index in [9.17, 15) is 13.2 Å². The van der Waals surface area contributed by atoms with Gasteiger partial charge in [-0.25, -0.2) is 13.2 Å². The molecule has 0 unspecified atom stereocenters. The molecule has 4 heteroatoms. The van der Waals surface area contributed by atoms with E-state index in [1.54, 1.807) is 37.4 Å². The molecule has 0 amide bonds. The average Bonchev–Trinajstić information content (AvgIpc) is 2.79. The summed E-state index contributed by atoms with van der Waals surface area (Å²) in [4.78, 5) is 0. The molecule has 0 aliphatic heterocycles. The Morgan fingerprint density at radius 1 is 0.688 bits per heavy atom. The summed E-state index contributed by atoms with van der Waals surface area (Å²) in [5.74, 6) is 4.10. The molecule has 0 atom stereocenters. The molecule has 0 saturated heterocycles. The van der Waals surface area contributed by atoms with Crippen molar-refractivity contribution in [3.05, 3.63) is 107 Å². The molecular formula is C28H21F3O. The number of halogens is 3. The molecule has 0 spiro atoms. The number of methoxy groups -OCH3 is 1. The second kappa shape index (κ2) is 9.72. The fraction of sp³-hybridized carbons (Fsp3) is 0.143. The van der Waals surface area contributed by atoms with Gasteiger partial charge < -0.3 is 4.74 Å². The van der Waals surface area contributed by atoms with E-state index in [2.05, 4.69) is 11.8 Å². The molecule has 0 saturated carbocycles. The van der Waals surface area contributed by atoms with Gasteiger partial charge in [0.05, 0.1) is 0 Å². The Labute approximate surface area is 185 Å². The highest BCUT2D eigenvalue weighted by Crippen LogP contribution is 2.25. The minimum Gasteiger partial charge on any atom is -0.385 e. The predicted molar refractivity (Wildman–Crippen MR) is 122 cm³/mol. The van der Waals surface area contributed by atoms with E-state index >= 15 is 0 Å². The highest BCUT2D eigenvalue weighted by atomic mass is 19.2. The van der Waals surface area contributed by atoms with Crippen LogP contribution in [0.15, 0.2) is 72.8 Å². The van der Waals surface area contributed by atoms with Gasteiger partial charge in [0.25, 0.3) is 0 Å². The van der Waals surface area contributed by atoms with Crippen molar-refractivity contribution in [3.63, 3.8) is 0 Å². The molecule has 32 heavy (non-hydrogen) atoms. The van der Waals surface area contributed by atoms with E-state index in [4.69, 9.17) is 4.74 Å². The zero-order chi connectivity index (χ0) is 22.5. The third-order valence-corrected chi connectivity index (χ3v) is 5.27. The summed E-state index contributed by atoms with van der Waals surface area (Å²) in [6.45, 7) is 0.653. The summed E-state index contributed by atoms with van der Waals surface area (Å²) < 4.78 is 46.5. The van der Waals surface area contributed by atoms with Crippen molar-refractivity contribution in [2.24, 2.45) is 0 Å². The molecule has 4 aromatic carbocycles. The molecule has 0 aliphatic rings. The summed E-state index contributed by atoms with van der Waals surface area (Å²) in [7, 11) is 1.66. The number of aryl methyl sites for hydroxylation is 1. The monoisotopic (exact) mass is 430 g/mol. The quantitative estimate of drug-likeness (QED) is 0.247. The zero-order valence-electron chi connectivity index (χ0n) is 17.6. The number of rotatable bonds is 5. The van der Waals surface area contributed by atoms with E-state index in [1.165, 1.54) is 12.1 Å². The van der Waals surface area contributed by atoms with Crippen LogP contribution in [0.4, 0.5) is 13.2 Å². The number of ether oxygens (including phenoxy) is 1. The van der Waals surface area contributed by atoms with Crippen molar-refractivity contribution in [2.45, 2.75) is 12.8 Å². The maximum Gasteiger partial charge on any atom is 0.159 e. The van der Waals surface area contributed by atoms with Crippen LogP contribution in [-0.2, 0) is 11.2 Å². The number of hydrogen-bond acceptors (Lipinski definition) is 1. The van der Waals surface area contributed by atoms with Crippen LogP contribution < -0.4 is 0 Å². The Bertz CT molecular complexity index is 1310. The van der Waals surface area contributed by atoms with Gasteiger partial charge in [0.1, 0.15) is 5.82 Å². The lowest BCUT2D eigenvalue weighted by Crippen LogP contribution is -1.94. The molecule has 0 N–H and O–H groups in total. The Morgan fingerprint density at radius 3 is 2.09 bits per heavy atom. The van der Waals surface area contributed by atoms with Gasteiger partial charge >= 0.3 is 0 Å². The van der Waals surface area contributed by atoms with Crippen molar-refractivity contribution in [1.29, 1.82) is 0 Å². The van der Waals surface area contributed by atoms with Crippen LogP contribution in [0.25, 0.3) is 21.9 Å². The predicted octanol–water partition coefficient (Wildman–Crippen LogP) is 6.90. The molecule has 0 fully saturated rings. The zero-order valence-corrected chi connectivity index (χ0v) is 17.6. The fourth-order valence-corrected chi connectivity index (χ4v) is 3.57. The first kappa shape index (κ1) is 21.7. The second-order valence-corrected chi connectivity index (χ2v) is 7.57. The van der Waals surface area contributed by atoms with Gasteiger partial charge in [0.15, 0.2) is 11.6 Å². The number of benzene rings is 4. The highest BCUT2D eigenvalue weighted by Gasteiger charge is 2.07. The van der Waals surface area contributed by atoms with E-state index < -0.39 is 11.6 Å². The lowest BCUT2D eigenvalue weighted by molar-refractivity contribution is 0.195. The van der Waals surface area contributed by atoms with Gasteiger partial charge in [-0.15, -0.1) is 0 Å². The van der Waals surface area contributed by atoms with E-state index in [1.807, 2.05) is 30.3 Å². The van der Waals surface area contributed by atoms with Gasteiger partial charge in [0, 0.05) is 30.4 Å². The van der Waals surface area contributed by atoms with Crippen LogP contribution in [0.5, 0.6) is 0 Å². The minimum atomic E-state index is -0.881. The summed E-state index contributed by atoms with van der Waals surface area (Å²) in [5.41, 5.74) is 3.74. The maximum atomic E-state index is 14.6. The van der Waals surface area contributed by atoms with Crippen molar-refractivity contribution in [3.8, 4) is 23.0 Å². The summed E-state index contributed by atoms with van der Waals surface area (Å²) >= 11 is 0. The molecule has 1 nitrogen and oxygen atoms in total. The maximum absolute atomic E-state index is 14.6. The van der Waals surface area contributed by atoms with Gasteiger partial charge in [-0.3, -0.25) is 0 Å². The SMILES string of the molecule is COCCCc1ccc(-c2ccc(C#Cc3ccc4cc(F)c(F)cc4c3)cc2)c(F)c1. The Hall–Kier alpha value is -3.55. The molecule has 0 heterocycles. The van der Waals surface area contributed by atoms with Crippen molar-refractivity contribution in [1.82, 2.24) is 0 Å². The summed E-state index contributed by atoms with van der Waals surface area (Å²) in [6, 6.07) is 20.2. The van der Waals surface area contributed by atoms with Crippen LogP contribution >= 0.6 is 0 Å². The fourth-order valence-electron chi connectivity index (χ4n) is 3.57. The van der Waals surface area contributed by atoms with E-state index in [-0.39, 0.29) is 5.82 Å². The van der Waals surface area contributed by atoms with Gasteiger partial charge in [-0.1, -0.05) is 42.2 Å². The largest absolute Gasteiger partial charge is 0.385 e. The van der Waals surface area contributed by atoms with E-state index in [0.29, 0.717) is 28.5 Å². The van der Waals surface area contributed by atoms with Crippen LogP contribution in [0.1, 0.15) is 23.1 Å². The number of hydrogen-bond donors (Lipinski definition) is 0. The van der Waals surface area contributed by atoms with Crippen molar-refractivity contribution in [2.75, 3.05) is 13.7 Å². The Morgan fingerprint density at radius 2 is 1.38 bits per heavy atom. The first-order valence-electron chi connectivity index (χ1n) is 10.3. The van der Waals surface area contributed by atoms with Gasteiger partial charge in [0.2, 0.25) is 0 Å². The molecule has 0 bridgehead atoms. The highest BCUT2D eigenvalue weighted by molar-refractivity contribution is 5.84. The van der Waals surface area contributed by atoms with Gasteiger partial charge in [-0.05, 0) is 77.2 Å². The van der Waals surface area contributed by atoms with Crippen LogP contribution in [-0.4, -0.2) is 13.7 Å². The normalized spacial score (nSPS) is 10.8. The molecule has 0 radical (unpaired) electrons. The number of fused-ring (bicyclic) bond motifs is 1. The molecule has 0 aliphatic carbocycles. The van der Waals surface area contributed by atoms with Crippen LogP contribution in [0.2, 0.25) is 0 Å². The second-order valence-electron chi connectivity index (χ2n) is 7.57. The molecular weight excluding hydrogens is 409 g/mol. The topological polar surface area (TPSA) is 9.23 Å². The molecule has 160 valence electrons. The third kappa shape index (κ3) is 5.01. The van der Waals surface area contributed by atoms with Crippen LogP contribution in [0, 0.1) is 29.3 Å². The van der Waals surface area contributed by atoms with E-state index in [0.717, 1.165) is 29.5 Å². The third-order valence-electron chi connectivity index (χ3n) is 5.27. The molecule has 0 aromatic heterocycles. The first-order chi connectivity index (χ1) is 15.5. The standard InChI is InChI=1S/C28H21F3O/c1-32-14-2-3-20-9-13-25(26(29)16-20)22-10-6-19(7-11-22)4-5-21-8-12-23-17-27(30)28(31)18-24(23)15-21/h6-13,15-18H,2-3,14H2,1H3. The van der Waals surface area contributed by atoms with Crippen molar-refractivity contribution >= 4 is 10.8 Å². The van der Waals surface area contributed by atoms with Crippen LogP contribution in [0.3, 0.4) is 0 Å². The molecule has 4 rings (SSSR count). The Kier molecular flexibility index (Phi) is 6.58. The lowest BCUT2D eigenvalue weighted by Gasteiger charge is -2.07. The van der Waals surface area contributed by atoms with Crippen molar-refractivity contribution < 1.29 is 17.9 Å².